The van der Waals surface area contributed by atoms with Gasteiger partial charge in [-0.25, -0.2) is 4.79 Å². The molecule has 0 fully saturated rings. The van der Waals surface area contributed by atoms with Crippen LogP contribution in [0.3, 0.4) is 0 Å². The van der Waals surface area contributed by atoms with Gasteiger partial charge < -0.3 is 13.7 Å². The normalized spacial score (nSPS) is 10.6. The molecule has 0 spiro atoms. The SMILES string of the molecule is Cc1ccc(C(=O)OCc2cc(-c3ccc(Cl)cc3)no2)o1. The monoisotopic (exact) mass is 317 g/mol. The summed E-state index contributed by atoms with van der Waals surface area (Å²) < 4.78 is 15.4. The number of nitrogens with zero attached hydrogens (tertiary/aromatic N) is 1. The molecule has 0 saturated heterocycles. The fourth-order valence-corrected chi connectivity index (χ4v) is 2.02. The van der Waals surface area contributed by atoms with Crippen molar-refractivity contribution in [2.45, 2.75) is 13.5 Å². The maximum atomic E-state index is 11.8. The van der Waals surface area contributed by atoms with Crippen LogP contribution in [0.1, 0.15) is 22.1 Å². The highest BCUT2D eigenvalue weighted by Gasteiger charge is 2.14. The molecular formula is C16H12ClNO4. The molecule has 2 aromatic heterocycles. The molecule has 0 aliphatic carbocycles. The number of benzene rings is 1. The van der Waals surface area contributed by atoms with Gasteiger partial charge in [-0.15, -0.1) is 0 Å². The van der Waals surface area contributed by atoms with E-state index in [1.165, 1.54) is 0 Å². The molecule has 112 valence electrons. The third-order valence-corrected chi connectivity index (χ3v) is 3.24. The number of ether oxygens (including phenoxy) is 1. The second-order valence-electron chi connectivity index (χ2n) is 4.67. The summed E-state index contributed by atoms with van der Waals surface area (Å²) in [4.78, 5) is 11.8. The Morgan fingerprint density at radius 2 is 2.00 bits per heavy atom. The van der Waals surface area contributed by atoms with E-state index in [9.17, 15) is 4.79 Å². The van der Waals surface area contributed by atoms with E-state index in [-0.39, 0.29) is 12.4 Å². The first kappa shape index (κ1) is 14.4. The Balaban J connectivity index is 1.64. The average Bonchev–Trinajstić information content (AvgIpc) is 3.15. The molecule has 1 aromatic carbocycles. The number of carbonyl (C=O) groups excluding carboxylic acids is 1. The lowest BCUT2D eigenvalue weighted by atomic mass is 10.1. The number of carbonyl (C=O) groups is 1. The van der Waals surface area contributed by atoms with Crippen molar-refractivity contribution in [3.8, 4) is 11.3 Å². The molecule has 0 bridgehead atoms. The van der Waals surface area contributed by atoms with E-state index >= 15 is 0 Å². The first-order chi connectivity index (χ1) is 10.6. The van der Waals surface area contributed by atoms with Crippen LogP contribution in [-0.4, -0.2) is 11.1 Å². The number of halogens is 1. The van der Waals surface area contributed by atoms with Crippen LogP contribution in [0, 0.1) is 6.92 Å². The Morgan fingerprint density at radius 3 is 2.68 bits per heavy atom. The summed E-state index contributed by atoms with van der Waals surface area (Å²) in [6.07, 6.45) is 0. The number of aromatic nitrogens is 1. The van der Waals surface area contributed by atoms with Crippen LogP contribution in [0.4, 0.5) is 0 Å². The average molecular weight is 318 g/mol. The molecule has 0 aliphatic heterocycles. The van der Waals surface area contributed by atoms with Crippen LogP contribution in [0.5, 0.6) is 0 Å². The Morgan fingerprint density at radius 1 is 1.23 bits per heavy atom. The molecule has 0 amide bonds. The number of hydrogen-bond acceptors (Lipinski definition) is 5. The van der Waals surface area contributed by atoms with Gasteiger partial charge in [-0.2, -0.15) is 0 Å². The van der Waals surface area contributed by atoms with Gasteiger partial charge in [0.1, 0.15) is 11.5 Å². The molecule has 5 nitrogen and oxygen atoms in total. The fraction of sp³-hybridized carbons (Fsp3) is 0.125. The standard InChI is InChI=1S/C16H12ClNO4/c1-10-2-7-15(21-10)16(19)20-9-13-8-14(18-22-13)11-3-5-12(17)6-4-11/h2-8H,9H2,1H3. The number of rotatable bonds is 4. The summed E-state index contributed by atoms with van der Waals surface area (Å²) in [5, 5.41) is 4.59. The summed E-state index contributed by atoms with van der Waals surface area (Å²) in [5.74, 6) is 0.714. The molecule has 6 heteroatoms. The number of aryl methyl sites for hydroxylation is 1. The van der Waals surface area contributed by atoms with Gasteiger partial charge in [-0.3, -0.25) is 0 Å². The molecule has 3 rings (SSSR count). The van der Waals surface area contributed by atoms with Gasteiger partial charge >= 0.3 is 5.97 Å². The second-order valence-corrected chi connectivity index (χ2v) is 5.11. The quantitative estimate of drug-likeness (QED) is 0.673. The van der Waals surface area contributed by atoms with Gasteiger partial charge in [0.25, 0.3) is 0 Å². The predicted molar refractivity (Wildman–Crippen MR) is 79.5 cm³/mol. The van der Waals surface area contributed by atoms with Crippen LogP contribution >= 0.6 is 11.6 Å². The zero-order valence-electron chi connectivity index (χ0n) is 11.7. The Labute approximate surface area is 131 Å². The minimum atomic E-state index is -0.544. The van der Waals surface area contributed by atoms with Crippen LogP contribution in [0.25, 0.3) is 11.3 Å². The van der Waals surface area contributed by atoms with Crippen molar-refractivity contribution in [2.75, 3.05) is 0 Å². The van der Waals surface area contributed by atoms with E-state index in [1.54, 1.807) is 37.3 Å². The molecular weight excluding hydrogens is 306 g/mol. The Hall–Kier alpha value is -2.53. The molecule has 2 heterocycles. The molecule has 22 heavy (non-hydrogen) atoms. The van der Waals surface area contributed by atoms with Gasteiger partial charge in [-0.1, -0.05) is 28.9 Å². The third-order valence-electron chi connectivity index (χ3n) is 2.99. The van der Waals surface area contributed by atoms with Crippen LogP contribution < -0.4 is 0 Å². The Kier molecular flexibility index (Phi) is 3.98. The Bertz CT molecular complexity index is 789. The van der Waals surface area contributed by atoms with Crippen molar-refractivity contribution in [1.29, 1.82) is 0 Å². The van der Waals surface area contributed by atoms with E-state index in [1.807, 2.05) is 12.1 Å². The van der Waals surface area contributed by atoms with Crippen molar-refractivity contribution in [3.63, 3.8) is 0 Å². The van der Waals surface area contributed by atoms with Crippen molar-refractivity contribution >= 4 is 17.6 Å². The van der Waals surface area contributed by atoms with E-state index in [0.29, 0.717) is 22.2 Å². The summed E-state index contributed by atoms with van der Waals surface area (Å²) in [5.41, 5.74) is 1.52. The van der Waals surface area contributed by atoms with Crippen molar-refractivity contribution in [3.05, 3.63) is 64.8 Å². The van der Waals surface area contributed by atoms with E-state index in [0.717, 1.165) is 5.56 Å². The van der Waals surface area contributed by atoms with Crippen molar-refractivity contribution in [1.82, 2.24) is 5.16 Å². The number of furan rings is 1. The van der Waals surface area contributed by atoms with Gasteiger partial charge in [0.15, 0.2) is 12.4 Å². The minimum absolute atomic E-state index is 0.0147. The molecule has 0 unspecified atom stereocenters. The smallest absolute Gasteiger partial charge is 0.374 e. The largest absolute Gasteiger partial charge is 0.454 e. The lowest BCUT2D eigenvalue weighted by Crippen LogP contribution is -2.03. The predicted octanol–water partition coefficient (Wildman–Crippen LogP) is 4.25. The lowest BCUT2D eigenvalue weighted by molar-refractivity contribution is 0.0400. The van der Waals surface area contributed by atoms with Gasteiger partial charge in [0.2, 0.25) is 5.76 Å². The minimum Gasteiger partial charge on any atom is -0.454 e. The number of esters is 1. The first-order valence-electron chi connectivity index (χ1n) is 6.57. The van der Waals surface area contributed by atoms with Crippen molar-refractivity contribution < 1.29 is 18.5 Å². The third kappa shape index (κ3) is 3.20. The van der Waals surface area contributed by atoms with Crippen LogP contribution in [0.15, 0.2) is 51.4 Å². The number of hydrogen-bond donors (Lipinski definition) is 0. The van der Waals surface area contributed by atoms with E-state index in [2.05, 4.69) is 5.16 Å². The molecule has 3 aromatic rings. The fourth-order valence-electron chi connectivity index (χ4n) is 1.89. The first-order valence-corrected chi connectivity index (χ1v) is 6.95. The van der Waals surface area contributed by atoms with Gasteiger partial charge in [0.05, 0.1) is 0 Å². The van der Waals surface area contributed by atoms with Crippen LogP contribution in [-0.2, 0) is 11.3 Å². The summed E-state index contributed by atoms with van der Waals surface area (Å²) in [6, 6.07) is 12.2. The maximum absolute atomic E-state index is 11.8. The summed E-state index contributed by atoms with van der Waals surface area (Å²) in [7, 11) is 0. The zero-order chi connectivity index (χ0) is 15.5. The summed E-state index contributed by atoms with van der Waals surface area (Å²) in [6.45, 7) is 1.74. The molecule has 0 saturated carbocycles. The zero-order valence-corrected chi connectivity index (χ0v) is 12.5. The highest BCUT2D eigenvalue weighted by molar-refractivity contribution is 6.30. The van der Waals surface area contributed by atoms with E-state index in [4.69, 9.17) is 25.3 Å². The second kappa shape index (κ2) is 6.07. The topological polar surface area (TPSA) is 65.5 Å². The maximum Gasteiger partial charge on any atom is 0.374 e. The van der Waals surface area contributed by atoms with Crippen LogP contribution in [0.2, 0.25) is 5.02 Å². The molecule has 0 atom stereocenters. The molecule has 0 N–H and O–H groups in total. The van der Waals surface area contributed by atoms with Gasteiger partial charge in [-0.05, 0) is 31.2 Å². The summed E-state index contributed by atoms with van der Waals surface area (Å²) >= 11 is 5.84. The lowest BCUT2D eigenvalue weighted by Gasteiger charge is -1.98. The molecule has 0 aliphatic rings. The van der Waals surface area contributed by atoms with Gasteiger partial charge in [0, 0.05) is 16.7 Å². The highest BCUT2D eigenvalue weighted by atomic mass is 35.5. The highest BCUT2D eigenvalue weighted by Crippen LogP contribution is 2.21. The van der Waals surface area contributed by atoms with Crippen molar-refractivity contribution in [2.24, 2.45) is 0 Å². The molecule has 0 radical (unpaired) electrons. The van der Waals surface area contributed by atoms with E-state index < -0.39 is 5.97 Å².